The third kappa shape index (κ3) is 2.75. The maximum Gasteiger partial charge on any atom is 0.109 e. The van der Waals surface area contributed by atoms with Crippen molar-refractivity contribution in [2.45, 2.75) is 108 Å². The lowest BCUT2D eigenvalue weighted by atomic mass is 9.83. The summed E-state index contributed by atoms with van der Waals surface area (Å²) in [6, 6.07) is 4.22. The Hall–Kier alpha value is -0.550. The van der Waals surface area contributed by atoms with Gasteiger partial charge < -0.3 is 0 Å². The molecule has 2 heteroatoms. The van der Waals surface area contributed by atoms with Gasteiger partial charge in [0.05, 0.1) is 6.07 Å². The van der Waals surface area contributed by atoms with Crippen LogP contribution in [0, 0.1) is 11.3 Å². The highest BCUT2D eigenvalue weighted by molar-refractivity contribution is 5.14. The van der Waals surface area contributed by atoms with Gasteiger partial charge in [0.2, 0.25) is 0 Å². The molecule has 3 aliphatic carbocycles. The Morgan fingerprint density at radius 2 is 1.15 bits per heavy atom. The van der Waals surface area contributed by atoms with Crippen LogP contribution in [-0.4, -0.2) is 22.5 Å². The number of hydrogen-bond donors (Lipinski definition) is 0. The Morgan fingerprint density at radius 1 is 0.700 bits per heavy atom. The van der Waals surface area contributed by atoms with Gasteiger partial charge in [-0.15, -0.1) is 0 Å². The van der Waals surface area contributed by atoms with Gasteiger partial charge in [0, 0.05) is 12.1 Å². The molecule has 0 spiro atoms. The molecule has 0 atom stereocenters. The zero-order valence-electron chi connectivity index (χ0n) is 12.9. The summed E-state index contributed by atoms with van der Waals surface area (Å²) < 4.78 is 0. The Kier molecular flexibility index (Phi) is 4.66. The van der Waals surface area contributed by atoms with Crippen molar-refractivity contribution in [3.8, 4) is 6.07 Å². The summed E-state index contributed by atoms with van der Waals surface area (Å²) in [7, 11) is 0. The van der Waals surface area contributed by atoms with E-state index < -0.39 is 0 Å². The van der Waals surface area contributed by atoms with E-state index in [-0.39, 0.29) is 5.54 Å². The molecule has 3 aliphatic rings. The molecule has 0 heterocycles. The first-order chi connectivity index (χ1) is 9.86. The molecule has 0 aromatic carbocycles. The van der Waals surface area contributed by atoms with Crippen molar-refractivity contribution >= 4 is 0 Å². The first-order valence-corrected chi connectivity index (χ1v) is 9.05. The van der Waals surface area contributed by atoms with E-state index in [0.29, 0.717) is 12.1 Å². The smallest absolute Gasteiger partial charge is 0.109 e. The predicted octanol–water partition coefficient (Wildman–Crippen LogP) is 4.79. The van der Waals surface area contributed by atoms with Gasteiger partial charge in [0.15, 0.2) is 0 Å². The predicted molar refractivity (Wildman–Crippen MR) is 82.4 cm³/mol. The lowest BCUT2D eigenvalue weighted by molar-refractivity contribution is 0.00559. The standard InChI is InChI=1S/C18H30N2/c19-15-18(13-7-8-14-18)20(16-9-3-1-4-10-16)17-11-5-2-6-12-17/h16-17H,1-14H2. The van der Waals surface area contributed by atoms with Gasteiger partial charge in [-0.2, -0.15) is 5.26 Å². The van der Waals surface area contributed by atoms with Crippen molar-refractivity contribution in [1.82, 2.24) is 4.90 Å². The molecule has 0 bridgehead atoms. The van der Waals surface area contributed by atoms with Crippen molar-refractivity contribution in [2.24, 2.45) is 0 Å². The molecule has 3 saturated carbocycles. The van der Waals surface area contributed by atoms with Crippen LogP contribution >= 0.6 is 0 Å². The molecular formula is C18H30N2. The molecule has 112 valence electrons. The Morgan fingerprint density at radius 3 is 1.55 bits per heavy atom. The Balaban J connectivity index is 1.83. The van der Waals surface area contributed by atoms with E-state index in [9.17, 15) is 5.26 Å². The summed E-state index contributed by atoms with van der Waals surface area (Å²) in [5.74, 6) is 0. The SMILES string of the molecule is N#CC1(N(C2CCCCC2)C2CCCCC2)CCCC1. The van der Waals surface area contributed by atoms with Crippen LogP contribution in [0.3, 0.4) is 0 Å². The van der Waals surface area contributed by atoms with E-state index >= 15 is 0 Å². The summed E-state index contributed by atoms with van der Waals surface area (Å²) in [4.78, 5) is 2.78. The van der Waals surface area contributed by atoms with Crippen molar-refractivity contribution < 1.29 is 0 Å². The second kappa shape index (κ2) is 6.48. The molecule has 2 nitrogen and oxygen atoms in total. The first kappa shape index (κ1) is 14.4. The third-order valence-corrected chi connectivity index (χ3v) is 6.07. The van der Waals surface area contributed by atoms with E-state index in [1.54, 1.807) is 0 Å². The third-order valence-electron chi connectivity index (χ3n) is 6.07. The van der Waals surface area contributed by atoms with Gasteiger partial charge in [-0.05, 0) is 38.5 Å². The number of rotatable bonds is 3. The van der Waals surface area contributed by atoms with E-state index in [1.165, 1.54) is 77.0 Å². The van der Waals surface area contributed by atoms with Crippen LogP contribution in [0.15, 0.2) is 0 Å². The number of nitriles is 1. The molecule has 0 aliphatic heterocycles. The minimum absolute atomic E-state index is 0.0932. The van der Waals surface area contributed by atoms with Crippen LogP contribution in [0.2, 0.25) is 0 Å². The summed E-state index contributed by atoms with van der Waals surface area (Å²) in [5, 5.41) is 9.96. The van der Waals surface area contributed by atoms with Crippen LogP contribution in [0.5, 0.6) is 0 Å². The van der Waals surface area contributed by atoms with Crippen molar-refractivity contribution in [2.75, 3.05) is 0 Å². The highest BCUT2D eigenvalue weighted by atomic mass is 15.3. The van der Waals surface area contributed by atoms with Crippen LogP contribution < -0.4 is 0 Å². The fraction of sp³-hybridized carbons (Fsp3) is 0.944. The van der Waals surface area contributed by atoms with Crippen molar-refractivity contribution in [1.29, 1.82) is 5.26 Å². The fourth-order valence-electron chi connectivity index (χ4n) is 5.10. The van der Waals surface area contributed by atoms with E-state index in [0.717, 1.165) is 12.8 Å². The monoisotopic (exact) mass is 274 g/mol. The summed E-state index contributed by atoms with van der Waals surface area (Å²) in [6.45, 7) is 0. The van der Waals surface area contributed by atoms with E-state index in [4.69, 9.17) is 0 Å². The molecule has 3 rings (SSSR count). The van der Waals surface area contributed by atoms with Gasteiger partial charge in [0.25, 0.3) is 0 Å². The van der Waals surface area contributed by atoms with Crippen molar-refractivity contribution in [3.05, 3.63) is 0 Å². The van der Waals surface area contributed by atoms with Crippen LogP contribution in [-0.2, 0) is 0 Å². The second-order valence-electron chi connectivity index (χ2n) is 7.34. The second-order valence-corrected chi connectivity index (χ2v) is 7.34. The van der Waals surface area contributed by atoms with Crippen LogP contribution in [0.1, 0.15) is 89.9 Å². The van der Waals surface area contributed by atoms with Gasteiger partial charge in [0.1, 0.15) is 5.54 Å². The number of hydrogen-bond acceptors (Lipinski definition) is 2. The average Bonchev–Trinajstić information content (AvgIpc) is 3.00. The summed E-state index contributed by atoms with van der Waals surface area (Å²) >= 11 is 0. The van der Waals surface area contributed by atoms with Gasteiger partial charge in [-0.25, -0.2) is 0 Å². The molecular weight excluding hydrogens is 244 g/mol. The van der Waals surface area contributed by atoms with Gasteiger partial charge >= 0.3 is 0 Å². The van der Waals surface area contributed by atoms with E-state index in [2.05, 4.69) is 11.0 Å². The zero-order chi connectivity index (χ0) is 13.8. The molecule has 0 aromatic heterocycles. The Labute approximate surface area is 124 Å². The minimum atomic E-state index is -0.0932. The molecule has 0 amide bonds. The lowest BCUT2D eigenvalue weighted by Crippen LogP contribution is -2.57. The molecule has 0 N–H and O–H groups in total. The molecule has 0 aromatic rings. The summed E-state index contributed by atoms with van der Waals surface area (Å²) in [6.07, 6.45) is 18.6. The highest BCUT2D eigenvalue weighted by Gasteiger charge is 2.46. The topological polar surface area (TPSA) is 27.0 Å². The largest absolute Gasteiger partial charge is 0.280 e. The quantitative estimate of drug-likeness (QED) is 0.740. The summed E-state index contributed by atoms with van der Waals surface area (Å²) in [5.41, 5.74) is -0.0932. The maximum atomic E-state index is 9.96. The molecule has 0 unspecified atom stereocenters. The zero-order valence-corrected chi connectivity index (χ0v) is 12.9. The van der Waals surface area contributed by atoms with Gasteiger partial charge in [-0.3, -0.25) is 4.90 Å². The molecule has 3 fully saturated rings. The fourth-order valence-corrected chi connectivity index (χ4v) is 5.10. The Bertz CT molecular complexity index is 321. The molecule has 20 heavy (non-hydrogen) atoms. The maximum absolute atomic E-state index is 9.96. The van der Waals surface area contributed by atoms with Crippen LogP contribution in [0.4, 0.5) is 0 Å². The number of nitrogens with zero attached hydrogens (tertiary/aromatic N) is 2. The van der Waals surface area contributed by atoms with E-state index in [1.807, 2.05) is 0 Å². The lowest BCUT2D eigenvalue weighted by Gasteiger charge is -2.49. The minimum Gasteiger partial charge on any atom is -0.280 e. The van der Waals surface area contributed by atoms with Crippen LogP contribution in [0.25, 0.3) is 0 Å². The molecule has 0 radical (unpaired) electrons. The normalized spacial score (nSPS) is 28.6. The highest BCUT2D eigenvalue weighted by Crippen LogP contribution is 2.42. The first-order valence-electron chi connectivity index (χ1n) is 9.05. The molecule has 0 saturated heterocycles. The van der Waals surface area contributed by atoms with Gasteiger partial charge in [-0.1, -0.05) is 51.4 Å². The average molecular weight is 274 g/mol. The van der Waals surface area contributed by atoms with Crippen molar-refractivity contribution in [3.63, 3.8) is 0 Å².